The highest BCUT2D eigenvalue weighted by Gasteiger charge is 2.23. The normalized spacial score (nSPS) is 16.2. The van der Waals surface area contributed by atoms with Crippen LogP contribution in [0.1, 0.15) is 49.9 Å². The third-order valence-corrected chi connectivity index (χ3v) is 3.97. The van der Waals surface area contributed by atoms with Crippen LogP contribution in [0.4, 0.5) is 5.82 Å². The Morgan fingerprint density at radius 2 is 2.10 bits per heavy atom. The molecule has 0 saturated carbocycles. The van der Waals surface area contributed by atoms with Crippen LogP contribution < -0.4 is 5.32 Å². The Morgan fingerprint density at radius 3 is 2.65 bits per heavy atom. The topological polar surface area (TPSA) is 45.2 Å². The molecular weight excluding hydrogens is 250 g/mol. The van der Waals surface area contributed by atoms with Crippen molar-refractivity contribution >= 4 is 11.7 Å². The molecule has 110 valence electrons. The van der Waals surface area contributed by atoms with E-state index in [1.54, 1.807) is 6.20 Å². The standard InChI is InChI=1S/C16H25N3O/c1-3-5-13-8-10-19(11-9-13)16(20)14-6-7-15(17-4-2)18-12-14/h6-7,12-13H,3-5,8-11H2,1-2H3,(H,17,18). The number of aromatic nitrogens is 1. The first-order chi connectivity index (χ1) is 9.74. The zero-order valence-corrected chi connectivity index (χ0v) is 12.6. The molecule has 2 rings (SSSR count). The highest BCUT2D eigenvalue weighted by molar-refractivity contribution is 5.94. The van der Waals surface area contributed by atoms with Gasteiger partial charge in [0.1, 0.15) is 5.82 Å². The van der Waals surface area contributed by atoms with Crippen molar-refractivity contribution in [2.45, 2.75) is 39.5 Å². The van der Waals surface area contributed by atoms with Gasteiger partial charge >= 0.3 is 0 Å². The lowest BCUT2D eigenvalue weighted by molar-refractivity contribution is 0.0686. The van der Waals surface area contributed by atoms with Gasteiger partial charge < -0.3 is 10.2 Å². The lowest BCUT2D eigenvalue weighted by Crippen LogP contribution is -2.38. The summed E-state index contributed by atoms with van der Waals surface area (Å²) < 4.78 is 0. The van der Waals surface area contributed by atoms with Gasteiger partial charge in [0.05, 0.1) is 5.56 Å². The SMILES string of the molecule is CCCC1CCN(C(=O)c2ccc(NCC)nc2)CC1. The van der Waals surface area contributed by atoms with Crippen molar-refractivity contribution in [3.05, 3.63) is 23.9 Å². The molecule has 1 aliphatic heterocycles. The molecule has 0 bridgehead atoms. The molecule has 1 aromatic rings. The van der Waals surface area contributed by atoms with Gasteiger partial charge in [-0.25, -0.2) is 4.98 Å². The molecule has 0 atom stereocenters. The molecule has 1 aliphatic rings. The van der Waals surface area contributed by atoms with Gasteiger partial charge in [0.25, 0.3) is 5.91 Å². The second-order valence-electron chi connectivity index (χ2n) is 5.49. The number of piperidine rings is 1. The second kappa shape index (κ2) is 7.27. The van der Waals surface area contributed by atoms with E-state index in [-0.39, 0.29) is 5.91 Å². The summed E-state index contributed by atoms with van der Waals surface area (Å²) in [5, 5.41) is 3.14. The number of carbonyl (C=O) groups is 1. The number of pyridine rings is 1. The van der Waals surface area contributed by atoms with Crippen LogP contribution in [0, 0.1) is 5.92 Å². The van der Waals surface area contributed by atoms with Crippen LogP contribution in [-0.4, -0.2) is 35.4 Å². The van der Waals surface area contributed by atoms with Gasteiger partial charge in [0, 0.05) is 25.8 Å². The van der Waals surface area contributed by atoms with Crippen LogP contribution in [0.3, 0.4) is 0 Å². The maximum atomic E-state index is 12.4. The number of rotatable bonds is 5. The van der Waals surface area contributed by atoms with E-state index in [2.05, 4.69) is 17.2 Å². The largest absolute Gasteiger partial charge is 0.370 e. The second-order valence-corrected chi connectivity index (χ2v) is 5.49. The predicted molar refractivity (Wildman–Crippen MR) is 81.9 cm³/mol. The van der Waals surface area contributed by atoms with Gasteiger partial charge in [-0.3, -0.25) is 4.79 Å². The summed E-state index contributed by atoms with van der Waals surface area (Å²) in [7, 11) is 0. The van der Waals surface area contributed by atoms with Gasteiger partial charge in [0.15, 0.2) is 0 Å². The predicted octanol–water partition coefficient (Wildman–Crippen LogP) is 3.17. The van der Waals surface area contributed by atoms with Crippen LogP contribution >= 0.6 is 0 Å². The Balaban J connectivity index is 1.91. The van der Waals surface area contributed by atoms with Gasteiger partial charge in [-0.1, -0.05) is 19.8 Å². The molecule has 1 fully saturated rings. The monoisotopic (exact) mass is 275 g/mol. The Morgan fingerprint density at radius 1 is 1.35 bits per heavy atom. The Bertz CT molecular complexity index is 422. The lowest BCUT2D eigenvalue weighted by atomic mass is 9.92. The molecule has 1 amide bonds. The minimum absolute atomic E-state index is 0.121. The molecule has 20 heavy (non-hydrogen) atoms. The summed E-state index contributed by atoms with van der Waals surface area (Å²) in [5.74, 6) is 1.75. The number of likely N-dealkylation sites (tertiary alicyclic amines) is 1. The van der Waals surface area contributed by atoms with E-state index in [1.807, 2.05) is 24.0 Å². The van der Waals surface area contributed by atoms with Gasteiger partial charge in [0.2, 0.25) is 0 Å². The van der Waals surface area contributed by atoms with Gasteiger partial charge in [-0.05, 0) is 37.8 Å². The molecule has 1 saturated heterocycles. The lowest BCUT2D eigenvalue weighted by Gasteiger charge is -2.32. The highest BCUT2D eigenvalue weighted by atomic mass is 16.2. The summed E-state index contributed by atoms with van der Waals surface area (Å²) in [6.07, 6.45) is 6.50. The molecule has 2 heterocycles. The van der Waals surface area contributed by atoms with Crippen molar-refractivity contribution in [3.8, 4) is 0 Å². The highest BCUT2D eigenvalue weighted by Crippen LogP contribution is 2.22. The minimum atomic E-state index is 0.121. The van der Waals surface area contributed by atoms with Crippen molar-refractivity contribution in [1.29, 1.82) is 0 Å². The summed E-state index contributed by atoms with van der Waals surface area (Å²) >= 11 is 0. The number of nitrogens with zero attached hydrogens (tertiary/aromatic N) is 2. The van der Waals surface area contributed by atoms with Crippen LogP contribution in [-0.2, 0) is 0 Å². The van der Waals surface area contributed by atoms with Crippen LogP contribution in [0.2, 0.25) is 0 Å². The minimum Gasteiger partial charge on any atom is -0.370 e. The summed E-state index contributed by atoms with van der Waals surface area (Å²) in [5.41, 5.74) is 0.695. The van der Waals surface area contributed by atoms with Gasteiger partial charge in [-0.2, -0.15) is 0 Å². The van der Waals surface area contributed by atoms with Crippen LogP contribution in [0.25, 0.3) is 0 Å². The number of carbonyl (C=O) groups excluding carboxylic acids is 1. The molecule has 0 spiro atoms. The summed E-state index contributed by atoms with van der Waals surface area (Å²) in [6.45, 7) is 6.87. The van der Waals surface area contributed by atoms with Crippen molar-refractivity contribution in [1.82, 2.24) is 9.88 Å². The molecule has 1 aromatic heterocycles. The van der Waals surface area contributed by atoms with Crippen molar-refractivity contribution in [3.63, 3.8) is 0 Å². The Kier molecular flexibility index (Phi) is 5.39. The molecule has 0 aliphatic carbocycles. The third-order valence-electron chi connectivity index (χ3n) is 3.97. The number of nitrogens with one attached hydrogen (secondary N) is 1. The first-order valence-electron chi connectivity index (χ1n) is 7.73. The van der Waals surface area contributed by atoms with E-state index in [9.17, 15) is 4.79 Å². The van der Waals surface area contributed by atoms with Crippen molar-refractivity contribution in [2.75, 3.05) is 25.0 Å². The van der Waals surface area contributed by atoms with E-state index in [1.165, 1.54) is 12.8 Å². The van der Waals surface area contributed by atoms with E-state index < -0.39 is 0 Å². The molecule has 0 radical (unpaired) electrons. The molecule has 1 N–H and O–H groups in total. The maximum absolute atomic E-state index is 12.4. The molecular formula is C16H25N3O. The van der Waals surface area contributed by atoms with Crippen LogP contribution in [0.15, 0.2) is 18.3 Å². The maximum Gasteiger partial charge on any atom is 0.255 e. The number of hydrogen-bond acceptors (Lipinski definition) is 3. The fourth-order valence-electron chi connectivity index (χ4n) is 2.82. The smallest absolute Gasteiger partial charge is 0.255 e. The average molecular weight is 275 g/mol. The third kappa shape index (κ3) is 3.71. The van der Waals surface area contributed by atoms with E-state index in [0.29, 0.717) is 5.56 Å². The number of amides is 1. The summed E-state index contributed by atoms with van der Waals surface area (Å²) in [6, 6.07) is 3.74. The average Bonchev–Trinajstić information content (AvgIpc) is 2.49. The summed E-state index contributed by atoms with van der Waals surface area (Å²) in [4.78, 5) is 18.6. The quantitative estimate of drug-likeness (QED) is 0.897. The van der Waals surface area contributed by atoms with E-state index in [4.69, 9.17) is 0 Å². The fraction of sp³-hybridized carbons (Fsp3) is 0.625. The fourth-order valence-corrected chi connectivity index (χ4v) is 2.82. The molecule has 4 nitrogen and oxygen atoms in total. The zero-order chi connectivity index (χ0) is 14.4. The first-order valence-corrected chi connectivity index (χ1v) is 7.73. The first kappa shape index (κ1) is 14.8. The molecule has 0 aromatic carbocycles. The van der Waals surface area contributed by atoms with Gasteiger partial charge in [-0.15, -0.1) is 0 Å². The van der Waals surface area contributed by atoms with Crippen molar-refractivity contribution in [2.24, 2.45) is 5.92 Å². The Labute approximate surface area is 121 Å². The molecule has 0 unspecified atom stereocenters. The zero-order valence-electron chi connectivity index (χ0n) is 12.6. The van der Waals surface area contributed by atoms with E-state index in [0.717, 1.165) is 44.2 Å². The number of hydrogen-bond donors (Lipinski definition) is 1. The molecule has 4 heteroatoms. The van der Waals surface area contributed by atoms with Crippen molar-refractivity contribution < 1.29 is 4.79 Å². The number of anilines is 1. The van der Waals surface area contributed by atoms with Crippen LogP contribution in [0.5, 0.6) is 0 Å². The van der Waals surface area contributed by atoms with E-state index >= 15 is 0 Å². The Hall–Kier alpha value is -1.58.